The van der Waals surface area contributed by atoms with Crippen LogP contribution in [-0.2, 0) is 23.1 Å². The van der Waals surface area contributed by atoms with Crippen molar-refractivity contribution < 1.29 is 18.1 Å². The van der Waals surface area contributed by atoms with Gasteiger partial charge in [0, 0.05) is 30.8 Å². The molecule has 0 atom stereocenters. The maximum atomic E-state index is 13.5. The van der Waals surface area contributed by atoms with Gasteiger partial charge in [0.05, 0.1) is 9.82 Å². The molecule has 8 heteroatoms. The molecular formula is C25H24N2O5S. The SMILES string of the molecule is CC1(C)C=Cc2cc(CN(Cc3ccccc3)S(=O)(=O)c3ccc([N+](=O)[O-])cc3)ccc2O1. The summed E-state index contributed by atoms with van der Waals surface area (Å²) in [4.78, 5) is 10.4. The molecule has 7 nitrogen and oxygen atoms in total. The van der Waals surface area contributed by atoms with Gasteiger partial charge >= 0.3 is 0 Å². The highest BCUT2D eigenvalue weighted by atomic mass is 32.2. The summed E-state index contributed by atoms with van der Waals surface area (Å²) < 4.78 is 34.4. The molecule has 0 spiro atoms. The first-order valence-corrected chi connectivity index (χ1v) is 11.9. The highest BCUT2D eigenvalue weighted by molar-refractivity contribution is 7.89. The second-order valence-electron chi connectivity index (χ2n) is 8.42. The van der Waals surface area contributed by atoms with Crippen molar-refractivity contribution in [1.82, 2.24) is 4.31 Å². The molecule has 0 unspecified atom stereocenters. The number of rotatable bonds is 7. The number of ether oxygens (including phenoxy) is 1. The molecule has 3 aromatic rings. The van der Waals surface area contributed by atoms with Crippen LogP contribution in [0.25, 0.3) is 6.08 Å². The number of benzene rings is 3. The molecule has 1 aliphatic rings. The fraction of sp³-hybridized carbons (Fsp3) is 0.200. The van der Waals surface area contributed by atoms with E-state index in [1.807, 2.05) is 74.5 Å². The molecule has 0 saturated carbocycles. The smallest absolute Gasteiger partial charge is 0.269 e. The molecule has 4 rings (SSSR count). The van der Waals surface area contributed by atoms with Crippen LogP contribution in [0.15, 0.2) is 83.8 Å². The van der Waals surface area contributed by atoms with Gasteiger partial charge in [0.25, 0.3) is 5.69 Å². The van der Waals surface area contributed by atoms with E-state index in [9.17, 15) is 18.5 Å². The minimum atomic E-state index is -3.92. The van der Waals surface area contributed by atoms with Crippen molar-refractivity contribution in [2.45, 2.75) is 37.4 Å². The van der Waals surface area contributed by atoms with Crippen LogP contribution < -0.4 is 4.74 Å². The first-order valence-electron chi connectivity index (χ1n) is 10.4. The number of nitro benzene ring substituents is 1. The summed E-state index contributed by atoms with van der Waals surface area (Å²) in [7, 11) is -3.92. The number of non-ortho nitro benzene ring substituents is 1. The molecule has 0 radical (unpaired) electrons. The topological polar surface area (TPSA) is 89.8 Å². The number of nitro groups is 1. The highest BCUT2D eigenvalue weighted by Crippen LogP contribution is 2.32. The van der Waals surface area contributed by atoms with Crippen LogP contribution in [0.4, 0.5) is 5.69 Å². The van der Waals surface area contributed by atoms with Crippen molar-refractivity contribution >= 4 is 21.8 Å². The Hall–Kier alpha value is -3.49. The number of nitrogens with zero attached hydrogens (tertiary/aromatic N) is 2. The minimum Gasteiger partial charge on any atom is -0.483 e. The van der Waals surface area contributed by atoms with Crippen molar-refractivity contribution in [3.05, 3.63) is 106 Å². The summed E-state index contributed by atoms with van der Waals surface area (Å²) in [5.74, 6) is 0.749. The van der Waals surface area contributed by atoms with Gasteiger partial charge in [-0.25, -0.2) is 8.42 Å². The van der Waals surface area contributed by atoms with Gasteiger partial charge in [-0.2, -0.15) is 4.31 Å². The summed E-state index contributed by atoms with van der Waals surface area (Å²) in [5.41, 5.74) is 1.98. The molecule has 1 aliphatic heterocycles. The van der Waals surface area contributed by atoms with E-state index in [-0.39, 0.29) is 23.7 Å². The Labute approximate surface area is 193 Å². The maximum absolute atomic E-state index is 13.5. The Morgan fingerprint density at radius 3 is 2.27 bits per heavy atom. The van der Waals surface area contributed by atoms with Crippen LogP contribution in [0.3, 0.4) is 0 Å². The van der Waals surface area contributed by atoms with Gasteiger partial charge in [-0.15, -0.1) is 0 Å². The lowest BCUT2D eigenvalue weighted by Crippen LogP contribution is -2.30. The summed E-state index contributed by atoms with van der Waals surface area (Å²) in [6, 6.07) is 19.9. The average Bonchev–Trinajstić information content (AvgIpc) is 2.79. The molecule has 33 heavy (non-hydrogen) atoms. The Bertz CT molecular complexity index is 1300. The van der Waals surface area contributed by atoms with Crippen LogP contribution in [0, 0.1) is 10.1 Å². The summed E-state index contributed by atoms with van der Waals surface area (Å²) in [6.45, 7) is 4.24. The van der Waals surface area contributed by atoms with E-state index < -0.39 is 20.5 Å². The summed E-state index contributed by atoms with van der Waals surface area (Å²) in [6.07, 6.45) is 3.95. The van der Waals surface area contributed by atoms with Crippen LogP contribution in [0.5, 0.6) is 5.75 Å². The van der Waals surface area contributed by atoms with Gasteiger partial charge in [0.15, 0.2) is 0 Å². The van der Waals surface area contributed by atoms with Crippen molar-refractivity contribution in [1.29, 1.82) is 0 Å². The molecule has 0 amide bonds. The third-order valence-electron chi connectivity index (χ3n) is 5.36. The van der Waals surface area contributed by atoms with Crippen LogP contribution in [0.2, 0.25) is 0 Å². The fourth-order valence-electron chi connectivity index (χ4n) is 3.63. The van der Waals surface area contributed by atoms with Crippen molar-refractivity contribution in [3.8, 4) is 5.75 Å². The normalized spacial score (nSPS) is 14.5. The number of hydrogen-bond acceptors (Lipinski definition) is 5. The van der Waals surface area contributed by atoms with E-state index in [1.54, 1.807) is 0 Å². The predicted octanol–water partition coefficient (Wildman–Crippen LogP) is 5.17. The first kappa shape index (κ1) is 22.7. The fourth-order valence-corrected chi connectivity index (χ4v) is 5.05. The van der Waals surface area contributed by atoms with E-state index in [2.05, 4.69) is 0 Å². The quantitative estimate of drug-likeness (QED) is 0.355. The highest BCUT2D eigenvalue weighted by Gasteiger charge is 2.27. The molecule has 0 bridgehead atoms. The zero-order valence-corrected chi connectivity index (χ0v) is 19.2. The Balaban J connectivity index is 1.67. The van der Waals surface area contributed by atoms with Gasteiger partial charge in [0.1, 0.15) is 11.4 Å². The number of hydrogen-bond donors (Lipinski definition) is 0. The zero-order valence-electron chi connectivity index (χ0n) is 18.3. The van der Waals surface area contributed by atoms with Gasteiger partial charge in [0.2, 0.25) is 10.0 Å². The van der Waals surface area contributed by atoms with E-state index in [0.29, 0.717) is 0 Å². The Kier molecular flexibility index (Phi) is 6.05. The van der Waals surface area contributed by atoms with Crippen LogP contribution in [0.1, 0.15) is 30.5 Å². The molecule has 170 valence electrons. The van der Waals surface area contributed by atoms with E-state index in [0.717, 1.165) is 22.4 Å². The third-order valence-corrected chi connectivity index (χ3v) is 7.16. The minimum absolute atomic E-state index is 0.00645. The van der Waals surface area contributed by atoms with Gasteiger partial charge in [-0.05, 0) is 55.3 Å². The first-order chi connectivity index (χ1) is 15.6. The second kappa shape index (κ2) is 8.80. The molecule has 0 fully saturated rings. The molecule has 1 heterocycles. The Morgan fingerprint density at radius 1 is 0.939 bits per heavy atom. The number of fused-ring (bicyclic) bond motifs is 1. The monoisotopic (exact) mass is 464 g/mol. The largest absolute Gasteiger partial charge is 0.483 e. The molecule has 0 saturated heterocycles. The van der Waals surface area contributed by atoms with Gasteiger partial charge < -0.3 is 4.74 Å². The maximum Gasteiger partial charge on any atom is 0.269 e. The number of sulfonamides is 1. The third kappa shape index (κ3) is 5.13. The lowest BCUT2D eigenvalue weighted by Gasteiger charge is -2.28. The summed E-state index contributed by atoms with van der Waals surface area (Å²) >= 11 is 0. The molecule has 0 N–H and O–H groups in total. The molecule has 0 aliphatic carbocycles. The van der Waals surface area contributed by atoms with Crippen LogP contribution in [-0.4, -0.2) is 23.2 Å². The average molecular weight is 465 g/mol. The molecule has 3 aromatic carbocycles. The molecule has 0 aromatic heterocycles. The van der Waals surface area contributed by atoms with Crippen LogP contribution >= 0.6 is 0 Å². The van der Waals surface area contributed by atoms with E-state index >= 15 is 0 Å². The lowest BCUT2D eigenvalue weighted by atomic mass is 10.0. The lowest BCUT2D eigenvalue weighted by molar-refractivity contribution is -0.384. The van der Waals surface area contributed by atoms with E-state index in [1.165, 1.54) is 28.6 Å². The van der Waals surface area contributed by atoms with Gasteiger partial charge in [-0.1, -0.05) is 42.5 Å². The predicted molar refractivity (Wildman–Crippen MR) is 126 cm³/mol. The van der Waals surface area contributed by atoms with Crippen molar-refractivity contribution in [3.63, 3.8) is 0 Å². The summed E-state index contributed by atoms with van der Waals surface area (Å²) in [5, 5.41) is 11.0. The van der Waals surface area contributed by atoms with Gasteiger partial charge in [-0.3, -0.25) is 10.1 Å². The van der Waals surface area contributed by atoms with Crippen molar-refractivity contribution in [2.75, 3.05) is 0 Å². The zero-order chi connectivity index (χ0) is 23.6. The Morgan fingerprint density at radius 2 is 1.61 bits per heavy atom. The van der Waals surface area contributed by atoms with Crippen molar-refractivity contribution in [2.24, 2.45) is 0 Å². The van der Waals surface area contributed by atoms with E-state index in [4.69, 9.17) is 4.74 Å². The molecular weight excluding hydrogens is 440 g/mol. The standard InChI is InChI=1S/C25H24N2O5S/c1-25(2)15-14-21-16-20(8-13-24(21)32-25)18-26(17-19-6-4-3-5-7-19)33(30,31)23-11-9-22(10-12-23)27(28)29/h3-16H,17-18H2,1-2H3. The second-order valence-corrected chi connectivity index (χ2v) is 10.4.